The molecule has 0 spiro atoms. The quantitative estimate of drug-likeness (QED) is 0.536. The van der Waals surface area contributed by atoms with Crippen LogP contribution in [-0.4, -0.2) is 43.0 Å². The molecule has 3 aromatic rings. The summed E-state index contributed by atoms with van der Waals surface area (Å²) in [7, 11) is -0.926. The molecule has 0 aliphatic heterocycles. The predicted octanol–water partition coefficient (Wildman–Crippen LogP) is 3.08. The van der Waals surface area contributed by atoms with Gasteiger partial charge in [-0.15, -0.1) is 0 Å². The summed E-state index contributed by atoms with van der Waals surface area (Å²) in [6, 6.07) is 10.2. The number of phenols is 1. The molecule has 0 aliphatic rings. The third-order valence-corrected chi connectivity index (χ3v) is 6.47. The third-order valence-electron chi connectivity index (χ3n) is 4.66. The Balaban J connectivity index is 1.78. The van der Waals surface area contributed by atoms with Gasteiger partial charge in [0.05, 0.1) is 21.8 Å². The molecule has 2 aromatic carbocycles. The van der Waals surface area contributed by atoms with E-state index in [1.165, 1.54) is 32.3 Å². The van der Waals surface area contributed by atoms with Crippen molar-refractivity contribution in [2.24, 2.45) is 0 Å². The first-order chi connectivity index (χ1) is 14.6. The second-order valence-electron chi connectivity index (χ2n) is 7.04. The van der Waals surface area contributed by atoms with Crippen molar-refractivity contribution in [2.75, 3.05) is 19.4 Å². The van der Waals surface area contributed by atoms with Gasteiger partial charge in [0.25, 0.3) is 5.91 Å². The molecule has 2 N–H and O–H groups in total. The maximum Gasteiger partial charge on any atom is 0.255 e. The number of benzene rings is 2. The van der Waals surface area contributed by atoms with Crippen molar-refractivity contribution in [2.45, 2.75) is 25.3 Å². The SMILES string of the molecule is Cc1noc(C)c1COc1cccc(C(=O)Nc2cc(S(=O)(=O)N(C)C)ccc2O)c1. The average molecular weight is 445 g/mol. The number of hydrogen-bond donors (Lipinski definition) is 2. The van der Waals surface area contributed by atoms with E-state index < -0.39 is 15.9 Å². The van der Waals surface area contributed by atoms with Crippen LogP contribution in [0.5, 0.6) is 11.5 Å². The lowest BCUT2D eigenvalue weighted by Crippen LogP contribution is -2.22. The summed E-state index contributed by atoms with van der Waals surface area (Å²) in [4.78, 5) is 12.6. The largest absolute Gasteiger partial charge is 0.506 e. The Hall–Kier alpha value is -3.37. The molecule has 0 atom stereocenters. The Morgan fingerprint density at radius 1 is 1.19 bits per heavy atom. The van der Waals surface area contributed by atoms with E-state index in [9.17, 15) is 18.3 Å². The molecule has 0 bridgehead atoms. The number of rotatable bonds is 7. The maximum atomic E-state index is 12.7. The van der Waals surface area contributed by atoms with E-state index in [0.717, 1.165) is 15.6 Å². The normalized spacial score (nSPS) is 11.5. The molecular formula is C21H23N3O6S. The molecule has 3 rings (SSSR count). The second kappa shape index (κ2) is 8.78. The first-order valence-corrected chi connectivity index (χ1v) is 10.7. The minimum Gasteiger partial charge on any atom is -0.506 e. The van der Waals surface area contributed by atoms with E-state index in [1.807, 2.05) is 6.92 Å². The Bertz CT molecular complexity index is 1200. The standard InChI is InChI=1S/C21H23N3O6S/c1-13-18(14(2)30-23-13)12-29-16-7-5-6-15(10-16)21(26)22-19-11-17(8-9-20(19)25)31(27,28)24(3)4/h5-11,25H,12H2,1-4H3,(H,22,26). The molecule has 0 saturated heterocycles. The second-order valence-corrected chi connectivity index (χ2v) is 9.19. The third kappa shape index (κ3) is 4.86. The zero-order chi connectivity index (χ0) is 22.8. The molecule has 10 heteroatoms. The zero-order valence-corrected chi connectivity index (χ0v) is 18.4. The molecule has 1 heterocycles. The number of aromatic nitrogens is 1. The number of hydrogen-bond acceptors (Lipinski definition) is 7. The fraction of sp³-hybridized carbons (Fsp3) is 0.238. The van der Waals surface area contributed by atoms with E-state index in [1.54, 1.807) is 31.2 Å². The number of anilines is 1. The van der Waals surface area contributed by atoms with Gasteiger partial charge in [-0.2, -0.15) is 0 Å². The van der Waals surface area contributed by atoms with Crippen molar-refractivity contribution in [3.05, 3.63) is 65.0 Å². The number of phenolic OH excluding ortho intramolecular Hbond substituents is 1. The van der Waals surface area contributed by atoms with Gasteiger partial charge in [-0.25, -0.2) is 12.7 Å². The van der Waals surface area contributed by atoms with Gasteiger partial charge in [-0.3, -0.25) is 4.79 Å². The molecular weight excluding hydrogens is 422 g/mol. The molecule has 0 unspecified atom stereocenters. The predicted molar refractivity (Wildman–Crippen MR) is 114 cm³/mol. The molecule has 9 nitrogen and oxygen atoms in total. The topological polar surface area (TPSA) is 122 Å². The van der Waals surface area contributed by atoms with Gasteiger partial charge in [-0.1, -0.05) is 11.2 Å². The van der Waals surface area contributed by atoms with Crippen molar-refractivity contribution >= 4 is 21.6 Å². The number of amides is 1. The van der Waals surface area contributed by atoms with Gasteiger partial charge < -0.3 is 19.7 Å². The van der Waals surface area contributed by atoms with Crippen LogP contribution in [-0.2, 0) is 16.6 Å². The van der Waals surface area contributed by atoms with Crippen LogP contribution < -0.4 is 10.1 Å². The lowest BCUT2D eigenvalue weighted by Gasteiger charge is -2.14. The summed E-state index contributed by atoms with van der Waals surface area (Å²) in [5.74, 6) is 0.338. The summed E-state index contributed by atoms with van der Waals surface area (Å²) in [5.41, 5.74) is 1.82. The van der Waals surface area contributed by atoms with E-state index in [-0.39, 0.29) is 28.5 Å². The average Bonchev–Trinajstić information content (AvgIpc) is 3.05. The van der Waals surface area contributed by atoms with Crippen LogP contribution in [0.1, 0.15) is 27.4 Å². The number of aromatic hydroxyl groups is 1. The fourth-order valence-electron chi connectivity index (χ4n) is 2.77. The molecule has 0 saturated carbocycles. The molecule has 31 heavy (non-hydrogen) atoms. The molecule has 1 aromatic heterocycles. The lowest BCUT2D eigenvalue weighted by molar-refractivity contribution is 0.102. The van der Waals surface area contributed by atoms with Crippen LogP contribution in [0.2, 0.25) is 0 Å². The zero-order valence-electron chi connectivity index (χ0n) is 17.5. The van der Waals surface area contributed by atoms with E-state index in [2.05, 4.69) is 10.5 Å². The Morgan fingerprint density at radius 3 is 2.58 bits per heavy atom. The van der Waals surface area contributed by atoms with Crippen molar-refractivity contribution in [1.29, 1.82) is 0 Å². The van der Waals surface area contributed by atoms with Crippen LogP contribution in [0.4, 0.5) is 5.69 Å². The first-order valence-electron chi connectivity index (χ1n) is 9.31. The van der Waals surface area contributed by atoms with Gasteiger partial charge in [0, 0.05) is 19.7 Å². The number of aryl methyl sites for hydroxylation is 2. The lowest BCUT2D eigenvalue weighted by atomic mass is 10.2. The maximum absolute atomic E-state index is 12.7. The number of sulfonamides is 1. The summed E-state index contributed by atoms with van der Waals surface area (Å²) in [5, 5.41) is 16.5. The number of ether oxygens (including phenoxy) is 1. The van der Waals surface area contributed by atoms with E-state index >= 15 is 0 Å². The highest BCUT2D eigenvalue weighted by Gasteiger charge is 2.20. The van der Waals surface area contributed by atoms with Gasteiger partial charge >= 0.3 is 0 Å². The molecule has 1 amide bonds. The Labute approximate surface area is 180 Å². The minimum atomic E-state index is -3.72. The summed E-state index contributed by atoms with van der Waals surface area (Å²) in [6.45, 7) is 3.84. The fourth-order valence-corrected chi connectivity index (χ4v) is 3.70. The molecule has 0 radical (unpaired) electrons. The van der Waals surface area contributed by atoms with Crippen LogP contribution in [0.3, 0.4) is 0 Å². The van der Waals surface area contributed by atoms with Gasteiger partial charge in [0.15, 0.2) is 0 Å². The van der Waals surface area contributed by atoms with Crippen LogP contribution in [0.15, 0.2) is 51.9 Å². The summed E-state index contributed by atoms with van der Waals surface area (Å²) >= 11 is 0. The highest BCUT2D eigenvalue weighted by molar-refractivity contribution is 7.89. The van der Waals surface area contributed by atoms with Crippen LogP contribution in [0, 0.1) is 13.8 Å². The van der Waals surface area contributed by atoms with Crippen molar-refractivity contribution < 1.29 is 27.6 Å². The molecule has 0 aliphatic carbocycles. The summed E-state index contributed by atoms with van der Waals surface area (Å²) < 4.78 is 36.5. The van der Waals surface area contributed by atoms with Gasteiger partial charge in [-0.05, 0) is 50.2 Å². The van der Waals surface area contributed by atoms with Crippen molar-refractivity contribution in [3.8, 4) is 11.5 Å². The first kappa shape index (κ1) is 22.3. The number of carbonyl (C=O) groups is 1. The van der Waals surface area contributed by atoms with Gasteiger partial charge in [0.1, 0.15) is 23.9 Å². The Morgan fingerprint density at radius 2 is 1.94 bits per heavy atom. The van der Waals surface area contributed by atoms with Crippen LogP contribution in [0.25, 0.3) is 0 Å². The smallest absolute Gasteiger partial charge is 0.255 e. The minimum absolute atomic E-state index is 0.0185. The monoisotopic (exact) mass is 445 g/mol. The van der Waals surface area contributed by atoms with Crippen molar-refractivity contribution in [1.82, 2.24) is 9.46 Å². The summed E-state index contributed by atoms with van der Waals surface area (Å²) in [6.07, 6.45) is 0. The van der Waals surface area contributed by atoms with Crippen molar-refractivity contribution in [3.63, 3.8) is 0 Å². The van der Waals surface area contributed by atoms with E-state index in [4.69, 9.17) is 9.26 Å². The Kier molecular flexibility index (Phi) is 6.32. The highest BCUT2D eigenvalue weighted by Crippen LogP contribution is 2.28. The highest BCUT2D eigenvalue weighted by atomic mass is 32.2. The molecule has 164 valence electrons. The number of carbonyl (C=O) groups excluding carboxylic acids is 1. The van der Waals surface area contributed by atoms with Gasteiger partial charge in [0.2, 0.25) is 10.0 Å². The number of nitrogens with one attached hydrogen (secondary N) is 1. The van der Waals surface area contributed by atoms with Crippen LogP contribution >= 0.6 is 0 Å². The number of nitrogens with zero attached hydrogens (tertiary/aromatic N) is 2. The van der Waals surface area contributed by atoms with E-state index in [0.29, 0.717) is 11.5 Å². The molecule has 0 fully saturated rings.